The van der Waals surface area contributed by atoms with Crippen LogP contribution in [0.1, 0.15) is 39.0 Å². The predicted octanol–water partition coefficient (Wildman–Crippen LogP) is 3.37. The minimum Gasteiger partial charge on any atom is -0.334 e. The molecule has 126 valence electrons. The van der Waals surface area contributed by atoms with Gasteiger partial charge in [0.2, 0.25) is 5.91 Å². The van der Waals surface area contributed by atoms with Gasteiger partial charge in [0, 0.05) is 23.0 Å². The van der Waals surface area contributed by atoms with Crippen LogP contribution < -0.4 is 16.0 Å². The van der Waals surface area contributed by atoms with Gasteiger partial charge in [0.05, 0.1) is 6.04 Å². The Balaban J connectivity index is 1.60. The third kappa shape index (κ3) is 5.78. The number of unbranched alkanes of at least 4 members (excludes halogenated alkanes) is 2. The molecule has 3 amide bonds. The zero-order valence-electron chi connectivity index (χ0n) is 13.7. The van der Waals surface area contributed by atoms with Crippen molar-refractivity contribution in [1.29, 1.82) is 0 Å². The van der Waals surface area contributed by atoms with Crippen LogP contribution in [0, 0.1) is 0 Å². The number of rotatable bonds is 8. The summed E-state index contributed by atoms with van der Waals surface area (Å²) in [6, 6.07) is 8.20. The lowest BCUT2D eigenvalue weighted by atomic mass is 10.0. The maximum absolute atomic E-state index is 11.9. The highest BCUT2D eigenvalue weighted by atomic mass is 32.2. The Morgan fingerprint density at radius 2 is 2.09 bits per heavy atom. The third-order valence-electron chi connectivity index (χ3n) is 4.05. The first kappa shape index (κ1) is 17.7. The summed E-state index contributed by atoms with van der Waals surface area (Å²) < 4.78 is 0. The van der Waals surface area contributed by atoms with Crippen molar-refractivity contribution in [2.24, 2.45) is 0 Å². The van der Waals surface area contributed by atoms with Crippen molar-refractivity contribution in [3.05, 3.63) is 24.3 Å². The summed E-state index contributed by atoms with van der Waals surface area (Å²) >= 11 is 1.66. The summed E-state index contributed by atoms with van der Waals surface area (Å²) in [6.07, 6.45) is 6.40. The Morgan fingerprint density at radius 3 is 2.78 bits per heavy atom. The van der Waals surface area contributed by atoms with Gasteiger partial charge < -0.3 is 16.0 Å². The normalized spacial score (nSPS) is 20.0. The number of amides is 3. The monoisotopic (exact) mass is 335 g/mol. The van der Waals surface area contributed by atoms with E-state index >= 15 is 0 Å². The number of benzene rings is 1. The highest BCUT2D eigenvalue weighted by Gasteiger charge is 2.26. The number of nitrogens with one attached hydrogen (secondary N) is 3. The van der Waals surface area contributed by atoms with Gasteiger partial charge in [-0.3, -0.25) is 4.79 Å². The zero-order chi connectivity index (χ0) is 16.7. The van der Waals surface area contributed by atoms with Crippen LogP contribution in [0.4, 0.5) is 10.5 Å². The van der Waals surface area contributed by atoms with Gasteiger partial charge in [-0.05, 0) is 44.2 Å². The van der Waals surface area contributed by atoms with Crippen molar-refractivity contribution < 1.29 is 9.59 Å². The van der Waals surface area contributed by atoms with Crippen molar-refractivity contribution in [3.63, 3.8) is 0 Å². The minimum absolute atomic E-state index is 0.0625. The van der Waals surface area contributed by atoms with E-state index in [-0.39, 0.29) is 24.0 Å². The molecule has 0 bridgehead atoms. The van der Waals surface area contributed by atoms with E-state index in [1.807, 2.05) is 37.4 Å². The zero-order valence-corrected chi connectivity index (χ0v) is 14.5. The molecule has 1 saturated heterocycles. The van der Waals surface area contributed by atoms with Crippen molar-refractivity contribution in [1.82, 2.24) is 10.6 Å². The van der Waals surface area contributed by atoms with Gasteiger partial charge in [0.1, 0.15) is 0 Å². The number of urea groups is 1. The molecule has 2 rings (SSSR count). The smallest absolute Gasteiger partial charge is 0.315 e. The van der Waals surface area contributed by atoms with Gasteiger partial charge in [0.25, 0.3) is 0 Å². The second-order valence-corrected chi connectivity index (χ2v) is 6.77. The molecule has 0 saturated carbocycles. The Morgan fingerprint density at radius 1 is 1.26 bits per heavy atom. The van der Waals surface area contributed by atoms with Crippen molar-refractivity contribution >= 4 is 29.4 Å². The fraction of sp³-hybridized carbons (Fsp3) is 0.529. The first-order chi connectivity index (χ1) is 11.1. The van der Waals surface area contributed by atoms with Crippen LogP contribution in [0.15, 0.2) is 29.2 Å². The average molecular weight is 335 g/mol. The van der Waals surface area contributed by atoms with Gasteiger partial charge in [-0.15, -0.1) is 11.8 Å². The first-order valence-corrected chi connectivity index (χ1v) is 9.32. The molecule has 0 unspecified atom stereocenters. The largest absolute Gasteiger partial charge is 0.334 e. The Hall–Kier alpha value is -1.69. The van der Waals surface area contributed by atoms with E-state index in [0.717, 1.165) is 36.3 Å². The minimum atomic E-state index is -0.0747. The number of carbonyl (C=O) groups excluding carboxylic acids is 2. The number of hydrogen-bond donors (Lipinski definition) is 3. The van der Waals surface area contributed by atoms with E-state index in [9.17, 15) is 9.59 Å². The summed E-state index contributed by atoms with van der Waals surface area (Å²) in [4.78, 5) is 24.3. The predicted molar refractivity (Wildman–Crippen MR) is 94.9 cm³/mol. The second kappa shape index (κ2) is 8.82. The number of hydrogen-bond acceptors (Lipinski definition) is 3. The van der Waals surface area contributed by atoms with E-state index < -0.39 is 0 Å². The lowest BCUT2D eigenvalue weighted by Crippen LogP contribution is -2.30. The quantitative estimate of drug-likeness (QED) is 0.504. The van der Waals surface area contributed by atoms with Gasteiger partial charge >= 0.3 is 6.03 Å². The van der Waals surface area contributed by atoms with E-state index in [2.05, 4.69) is 16.0 Å². The molecule has 0 aliphatic carbocycles. The van der Waals surface area contributed by atoms with Crippen molar-refractivity contribution in [3.8, 4) is 0 Å². The topological polar surface area (TPSA) is 70.2 Å². The number of anilines is 1. The molecule has 0 radical (unpaired) electrons. The number of carbonyl (C=O) groups is 2. The van der Waals surface area contributed by atoms with E-state index in [0.29, 0.717) is 6.42 Å². The molecule has 1 aromatic carbocycles. The van der Waals surface area contributed by atoms with E-state index in [4.69, 9.17) is 0 Å². The summed E-state index contributed by atoms with van der Waals surface area (Å²) in [5, 5.41) is 8.70. The molecular weight excluding hydrogens is 310 g/mol. The van der Waals surface area contributed by atoms with E-state index in [1.54, 1.807) is 11.8 Å². The molecule has 3 N–H and O–H groups in total. The molecule has 5 nitrogen and oxygen atoms in total. The lowest BCUT2D eigenvalue weighted by molar-refractivity contribution is -0.116. The maximum atomic E-state index is 11.9. The molecule has 0 spiro atoms. The Kier molecular flexibility index (Phi) is 6.77. The number of thioether (sulfide) groups is 1. The Labute approximate surface area is 142 Å². The first-order valence-electron chi connectivity index (χ1n) is 8.09. The highest BCUT2D eigenvalue weighted by molar-refractivity contribution is 7.98. The van der Waals surface area contributed by atoms with Crippen LogP contribution in [0.25, 0.3) is 0 Å². The summed E-state index contributed by atoms with van der Waals surface area (Å²) in [7, 11) is 0. The fourth-order valence-corrected chi connectivity index (χ4v) is 3.17. The van der Waals surface area contributed by atoms with Crippen molar-refractivity contribution in [2.75, 3.05) is 11.6 Å². The molecule has 1 aliphatic rings. The van der Waals surface area contributed by atoms with Gasteiger partial charge in [0.15, 0.2) is 0 Å². The second-order valence-electron chi connectivity index (χ2n) is 5.89. The molecule has 1 aliphatic heterocycles. The summed E-state index contributed by atoms with van der Waals surface area (Å²) in [6.45, 7) is 2.01. The molecule has 6 heteroatoms. The molecule has 2 atom stereocenters. The van der Waals surface area contributed by atoms with E-state index in [1.165, 1.54) is 0 Å². The SMILES string of the molecule is CSc1cccc(NC(=O)CCCCC[C@@H]2NC(=O)N[C@H]2C)c1. The lowest BCUT2D eigenvalue weighted by Gasteiger charge is -2.13. The fourth-order valence-electron chi connectivity index (χ4n) is 2.72. The Bertz CT molecular complexity index is 550. The molecular formula is C17H25N3O2S. The van der Waals surface area contributed by atoms with Crippen LogP contribution in [-0.2, 0) is 4.79 Å². The van der Waals surface area contributed by atoms with Crippen LogP contribution >= 0.6 is 11.8 Å². The molecule has 23 heavy (non-hydrogen) atoms. The molecule has 1 heterocycles. The highest BCUT2D eigenvalue weighted by Crippen LogP contribution is 2.19. The molecule has 0 aromatic heterocycles. The summed E-state index contributed by atoms with van der Waals surface area (Å²) in [5.74, 6) is 0.0625. The van der Waals surface area contributed by atoms with Crippen LogP contribution in [0.5, 0.6) is 0 Å². The van der Waals surface area contributed by atoms with Crippen molar-refractivity contribution in [2.45, 2.75) is 56.0 Å². The molecule has 1 aromatic rings. The van der Waals surface area contributed by atoms with Gasteiger partial charge in [-0.2, -0.15) is 0 Å². The third-order valence-corrected chi connectivity index (χ3v) is 4.78. The van der Waals surface area contributed by atoms with Gasteiger partial charge in [-0.25, -0.2) is 4.79 Å². The molecule has 1 fully saturated rings. The van der Waals surface area contributed by atoms with Crippen LogP contribution in [0.3, 0.4) is 0 Å². The average Bonchev–Trinajstić information content (AvgIpc) is 2.85. The van der Waals surface area contributed by atoms with Crippen LogP contribution in [-0.4, -0.2) is 30.3 Å². The van der Waals surface area contributed by atoms with Gasteiger partial charge in [-0.1, -0.05) is 18.9 Å². The standard InChI is InChI=1S/C17H25N3O2S/c1-12-15(20-17(22)18-12)9-4-3-5-10-16(21)19-13-7-6-8-14(11-13)23-2/h6-8,11-12,15H,3-5,9-10H2,1-2H3,(H,19,21)(H2,18,20,22)/t12-,15-/m0/s1. The summed E-state index contributed by atoms with van der Waals surface area (Å²) in [5.41, 5.74) is 0.857. The maximum Gasteiger partial charge on any atom is 0.315 e. The van der Waals surface area contributed by atoms with Crippen LogP contribution in [0.2, 0.25) is 0 Å².